The van der Waals surface area contributed by atoms with Crippen molar-refractivity contribution in [1.82, 2.24) is 0 Å². The molecule has 7 heteroatoms. The van der Waals surface area contributed by atoms with E-state index < -0.39 is 11.7 Å². The summed E-state index contributed by atoms with van der Waals surface area (Å²) in [6.07, 6.45) is 0. The summed E-state index contributed by atoms with van der Waals surface area (Å²) in [5, 5.41) is 13.9. The number of rotatable bonds is 5. The maximum atomic E-state index is 12.2. The summed E-state index contributed by atoms with van der Waals surface area (Å²) in [6.45, 7) is 0. The van der Waals surface area contributed by atoms with Crippen molar-refractivity contribution in [2.45, 2.75) is 10.7 Å². The molecule has 0 unspecified atom stereocenters. The molecule has 0 aliphatic carbocycles. The average Bonchev–Trinajstić information content (AvgIpc) is 2.41. The van der Waals surface area contributed by atoms with Gasteiger partial charge >= 0.3 is 29.6 Å². The van der Waals surface area contributed by atoms with Gasteiger partial charge in [-0.05, 0) is 30.3 Å². The first kappa shape index (κ1) is 18.0. The second kappa shape index (κ2) is 8.38. The Morgan fingerprint density at radius 2 is 1.71 bits per heavy atom. The SMILES string of the molecule is O=C([O-])c1ccccc1Nc1ccc(SC(F)F)cc1.[Na+]. The van der Waals surface area contributed by atoms with E-state index in [1.807, 2.05) is 0 Å². The van der Waals surface area contributed by atoms with E-state index in [0.717, 1.165) is 0 Å². The van der Waals surface area contributed by atoms with Gasteiger partial charge in [-0.2, -0.15) is 8.78 Å². The molecule has 2 aromatic carbocycles. The minimum absolute atomic E-state index is 0. The van der Waals surface area contributed by atoms with Gasteiger partial charge in [-0.25, -0.2) is 0 Å². The van der Waals surface area contributed by atoms with Crippen molar-refractivity contribution >= 4 is 29.1 Å². The molecule has 0 aliphatic heterocycles. The molecule has 3 nitrogen and oxygen atoms in total. The van der Waals surface area contributed by atoms with Crippen LogP contribution in [0, 0.1) is 0 Å². The van der Waals surface area contributed by atoms with Gasteiger partial charge in [0.1, 0.15) is 0 Å². The van der Waals surface area contributed by atoms with Crippen molar-refractivity contribution in [2.75, 3.05) is 5.32 Å². The van der Waals surface area contributed by atoms with Crippen molar-refractivity contribution in [3.8, 4) is 0 Å². The van der Waals surface area contributed by atoms with Crippen LogP contribution in [0.3, 0.4) is 0 Å². The fourth-order valence-electron chi connectivity index (χ4n) is 1.65. The Hall–Kier alpha value is -1.08. The van der Waals surface area contributed by atoms with Crippen LogP contribution in [-0.2, 0) is 0 Å². The first-order valence-corrected chi connectivity index (χ1v) is 6.56. The number of hydrogen-bond acceptors (Lipinski definition) is 4. The Bertz CT molecular complexity index is 608. The van der Waals surface area contributed by atoms with Crippen LogP contribution in [0.1, 0.15) is 10.4 Å². The van der Waals surface area contributed by atoms with Crippen LogP contribution >= 0.6 is 11.8 Å². The summed E-state index contributed by atoms with van der Waals surface area (Å²) in [6, 6.07) is 12.6. The largest absolute Gasteiger partial charge is 1.00 e. The molecular formula is C14H10F2NNaO2S. The molecule has 0 heterocycles. The van der Waals surface area contributed by atoms with Crippen LogP contribution in [0.15, 0.2) is 53.4 Å². The minimum Gasteiger partial charge on any atom is -0.545 e. The number of alkyl halides is 2. The monoisotopic (exact) mass is 317 g/mol. The fourth-order valence-corrected chi connectivity index (χ4v) is 2.14. The molecule has 0 amide bonds. The Balaban J connectivity index is 0.00000220. The van der Waals surface area contributed by atoms with E-state index in [2.05, 4.69) is 5.32 Å². The van der Waals surface area contributed by atoms with Gasteiger partial charge in [0.05, 0.1) is 5.97 Å². The molecule has 0 saturated carbocycles. The molecule has 104 valence electrons. The third kappa shape index (κ3) is 5.32. The number of halogens is 2. The number of para-hydroxylation sites is 1. The van der Waals surface area contributed by atoms with E-state index >= 15 is 0 Å². The van der Waals surface area contributed by atoms with Gasteiger partial charge in [-0.1, -0.05) is 30.0 Å². The topological polar surface area (TPSA) is 52.2 Å². The smallest absolute Gasteiger partial charge is 0.545 e. The molecule has 0 saturated heterocycles. The Morgan fingerprint density at radius 1 is 1.10 bits per heavy atom. The zero-order valence-corrected chi connectivity index (χ0v) is 14.0. The molecule has 0 aliphatic rings. The molecule has 2 rings (SSSR count). The van der Waals surface area contributed by atoms with Crippen molar-refractivity contribution in [1.29, 1.82) is 0 Å². The van der Waals surface area contributed by atoms with Crippen LogP contribution in [-0.4, -0.2) is 11.7 Å². The summed E-state index contributed by atoms with van der Waals surface area (Å²) in [7, 11) is 0. The van der Waals surface area contributed by atoms with Crippen molar-refractivity contribution in [3.63, 3.8) is 0 Å². The molecular weight excluding hydrogens is 307 g/mol. The molecule has 0 spiro atoms. The molecule has 1 N–H and O–H groups in total. The predicted octanol–water partition coefficient (Wildman–Crippen LogP) is 0.112. The van der Waals surface area contributed by atoms with Crippen LogP contribution in [0.2, 0.25) is 0 Å². The third-order valence-electron chi connectivity index (χ3n) is 2.51. The molecule has 0 radical (unpaired) electrons. The minimum atomic E-state index is -2.47. The summed E-state index contributed by atoms with van der Waals surface area (Å²) in [4.78, 5) is 11.4. The molecule has 21 heavy (non-hydrogen) atoms. The number of nitrogens with one attached hydrogen (secondary N) is 1. The zero-order valence-electron chi connectivity index (χ0n) is 11.2. The van der Waals surface area contributed by atoms with E-state index in [1.165, 1.54) is 6.07 Å². The Labute approximate surface area is 147 Å². The van der Waals surface area contributed by atoms with Crippen LogP contribution in [0.4, 0.5) is 20.2 Å². The van der Waals surface area contributed by atoms with E-state index in [1.54, 1.807) is 42.5 Å². The van der Waals surface area contributed by atoms with E-state index in [4.69, 9.17) is 0 Å². The number of anilines is 2. The van der Waals surface area contributed by atoms with Gasteiger partial charge in [-0.15, -0.1) is 0 Å². The summed E-state index contributed by atoms with van der Waals surface area (Å²) >= 11 is 0.456. The molecule has 0 bridgehead atoms. The molecule has 0 atom stereocenters. The summed E-state index contributed by atoms with van der Waals surface area (Å²) in [5.41, 5.74) is 1.04. The maximum Gasteiger partial charge on any atom is 1.00 e. The Kier molecular flexibility index (Phi) is 7.17. The van der Waals surface area contributed by atoms with Crippen LogP contribution in [0.5, 0.6) is 0 Å². The molecule has 0 fully saturated rings. The zero-order chi connectivity index (χ0) is 14.5. The summed E-state index contributed by atoms with van der Waals surface area (Å²) < 4.78 is 24.4. The van der Waals surface area contributed by atoms with Gasteiger partial charge in [-0.3, -0.25) is 0 Å². The predicted molar refractivity (Wildman–Crippen MR) is 72.4 cm³/mol. The van der Waals surface area contributed by atoms with Crippen LogP contribution < -0.4 is 40.0 Å². The summed E-state index contributed by atoms with van der Waals surface area (Å²) in [5.74, 6) is -3.74. The molecule has 2 aromatic rings. The number of carbonyl (C=O) groups is 1. The van der Waals surface area contributed by atoms with Crippen molar-refractivity contribution < 1.29 is 48.2 Å². The van der Waals surface area contributed by atoms with Crippen molar-refractivity contribution in [3.05, 3.63) is 54.1 Å². The van der Waals surface area contributed by atoms with Gasteiger partial charge < -0.3 is 15.2 Å². The standard InChI is InChI=1S/C14H11F2NO2S.Na/c15-14(16)20-10-7-5-9(6-8-10)17-12-4-2-1-3-11(12)13(18)19;/h1-8,14,17H,(H,18,19);/q;+1/p-1. The normalized spacial score (nSPS) is 10.0. The van der Waals surface area contributed by atoms with Crippen molar-refractivity contribution in [2.24, 2.45) is 0 Å². The second-order valence-electron chi connectivity index (χ2n) is 3.86. The van der Waals surface area contributed by atoms with Gasteiger partial charge in [0.15, 0.2) is 0 Å². The Morgan fingerprint density at radius 3 is 2.29 bits per heavy atom. The molecule has 0 aromatic heterocycles. The first-order chi connectivity index (χ1) is 9.56. The van der Waals surface area contributed by atoms with E-state index in [0.29, 0.717) is 28.0 Å². The van der Waals surface area contributed by atoms with Gasteiger partial charge in [0.2, 0.25) is 0 Å². The van der Waals surface area contributed by atoms with Gasteiger partial charge in [0, 0.05) is 21.8 Å². The fraction of sp³-hybridized carbons (Fsp3) is 0.0714. The number of carboxylic acids is 1. The van der Waals surface area contributed by atoms with E-state index in [9.17, 15) is 18.7 Å². The number of aromatic carboxylic acids is 1. The van der Waals surface area contributed by atoms with Gasteiger partial charge in [0.25, 0.3) is 5.76 Å². The number of carbonyl (C=O) groups excluding carboxylic acids is 1. The number of carboxylic acid groups (broad SMARTS) is 1. The number of hydrogen-bond donors (Lipinski definition) is 1. The quantitative estimate of drug-likeness (QED) is 0.628. The average molecular weight is 317 g/mol. The third-order valence-corrected chi connectivity index (χ3v) is 3.23. The van der Waals surface area contributed by atoms with Crippen LogP contribution in [0.25, 0.3) is 0 Å². The number of benzene rings is 2. The number of thioether (sulfide) groups is 1. The maximum absolute atomic E-state index is 12.2. The van der Waals surface area contributed by atoms with E-state index in [-0.39, 0.29) is 35.1 Å². The first-order valence-electron chi connectivity index (χ1n) is 5.68. The second-order valence-corrected chi connectivity index (χ2v) is 4.92.